The van der Waals surface area contributed by atoms with Crippen LogP contribution in [0.15, 0.2) is 59.5 Å². The lowest BCUT2D eigenvalue weighted by atomic mass is 10.2. The monoisotopic (exact) mass is 426 g/mol. The Bertz CT molecular complexity index is 849. The minimum Gasteiger partial charge on any atom is -0.493 e. The molecule has 1 heterocycles. The summed E-state index contributed by atoms with van der Waals surface area (Å²) in [5.74, 6) is 1.56. The van der Waals surface area contributed by atoms with Crippen LogP contribution in [0.3, 0.4) is 0 Å². The summed E-state index contributed by atoms with van der Waals surface area (Å²) in [6.45, 7) is 6.23. The number of piperazine rings is 1. The number of hydrogen-bond donors (Lipinski definition) is 0. The van der Waals surface area contributed by atoms with Gasteiger partial charge in [0.15, 0.2) is 11.5 Å². The van der Waals surface area contributed by atoms with Crippen molar-refractivity contribution in [3.05, 3.63) is 60.2 Å². The predicted octanol–water partition coefficient (Wildman–Crippen LogP) is 4.04. The van der Waals surface area contributed by atoms with Gasteiger partial charge < -0.3 is 14.4 Å². The SMILES string of the molecule is COc1ccc(S[C@@H](C)C(=O)N2CCN(C/C=C/c3ccccc3)CC2)cc1OC. The highest BCUT2D eigenvalue weighted by molar-refractivity contribution is 8.00. The molecule has 1 fully saturated rings. The smallest absolute Gasteiger partial charge is 0.235 e. The number of thioether (sulfide) groups is 1. The van der Waals surface area contributed by atoms with Crippen LogP contribution in [0, 0.1) is 0 Å². The molecule has 0 bridgehead atoms. The van der Waals surface area contributed by atoms with E-state index in [9.17, 15) is 4.79 Å². The van der Waals surface area contributed by atoms with Gasteiger partial charge in [-0.25, -0.2) is 0 Å². The van der Waals surface area contributed by atoms with Gasteiger partial charge in [-0.3, -0.25) is 9.69 Å². The van der Waals surface area contributed by atoms with Gasteiger partial charge in [0.25, 0.3) is 0 Å². The zero-order valence-corrected chi connectivity index (χ0v) is 18.7. The van der Waals surface area contributed by atoms with Gasteiger partial charge in [-0.1, -0.05) is 42.5 Å². The van der Waals surface area contributed by atoms with Crippen LogP contribution in [0.5, 0.6) is 11.5 Å². The number of carbonyl (C=O) groups is 1. The molecule has 0 aromatic heterocycles. The molecule has 1 atom stereocenters. The van der Waals surface area contributed by atoms with Crippen molar-refractivity contribution >= 4 is 23.7 Å². The van der Waals surface area contributed by atoms with Crippen molar-refractivity contribution < 1.29 is 14.3 Å². The number of hydrogen-bond acceptors (Lipinski definition) is 5. The van der Waals surface area contributed by atoms with E-state index >= 15 is 0 Å². The molecule has 0 spiro atoms. The summed E-state index contributed by atoms with van der Waals surface area (Å²) in [5, 5.41) is -0.146. The third-order valence-corrected chi connectivity index (χ3v) is 6.25. The summed E-state index contributed by atoms with van der Waals surface area (Å²) in [7, 11) is 3.24. The third-order valence-electron chi connectivity index (χ3n) is 5.17. The van der Waals surface area contributed by atoms with Crippen LogP contribution in [0.1, 0.15) is 12.5 Å². The number of nitrogens with zero attached hydrogens (tertiary/aromatic N) is 2. The molecule has 0 unspecified atom stereocenters. The van der Waals surface area contributed by atoms with E-state index in [1.165, 1.54) is 5.56 Å². The van der Waals surface area contributed by atoms with Gasteiger partial charge in [-0.15, -0.1) is 11.8 Å². The standard InChI is InChI=1S/C24H30N2O3S/c1-19(30-21-11-12-22(28-2)23(18-21)29-3)24(27)26-16-14-25(15-17-26)13-7-10-20-8-5-4-6-9-20/h4-12,18-19H,13-17H2,1-3H3/b10-7+/t19-/m0/s1. The second-order valence-electron chi connectivity index (χ2n) is 7.22. The van der Waals surface area contributed by atoms with Gasteiger partial charge in [-0.05, 0) is 30.7 Å². The molecular weight excluding hydrogens is 396 g/mol. The Balaban J connectivity index is 1.47. The Kier molecular flexibility index (Phi) is 8.22. The first-order chi connectivity index (χ1) is 14.6. The Hall–Kier alpha value is -2.44. The lowest BCUT2D eigenvalue weighted by Gasteiger charge is -2.35. The molecule has 3 rings (SSSR count). The summed E-state index contributed by atoms with van der Waals surface area (Å²) < 4.78 is 10.6. The highest BCUT2D eigenvalue weighted by Gasteiger charge is 2.25. The summed E-state index contributed by atoms with van der Waals surface area (Å²) in [5.41, 5.74) is 1.22. The van der Waals surface area contributed by atoms with Crippen molar-refractivity contribution in [3.8, 4) is 11.5 Å². The molecule has 2 aromatic carbocycles. The zero-order chi connectivity index (χ0) is 21.3. The van der Waals surface area contributed by atoms with Crippen LogP contribution in [0.4, 0.5) is 0 Å². The van der Waals surface area contributed by atoms with E-state index in [1.54, 1.807) is 26.0 Å². The van der Waals surface area contributed by atoms with Crippen LogP contribution in [0.2, 0.25) is 0 Å². The molecule has 1 saturated heterocycles. The molecule has 160 valence electrons. The predicted molar refractivity (Wildman–Crippen MR) is 123 cm³/mol. The van der Waals surface area contributed by atoms with E-state index in [-0.39, 0.29) is 11.2 Å². The summed E-state index contributed by atoms with van der Waals surface area (Å²) in [6, 6.07) is 16.1. The van der Waals surface area contributed by atoms with Gasteiger partial charge in [0.1, 0.15) is 0 Å². The minimum atomic E-state index is -0.146. The van der Waals surface area contributed by atoms with Crippen molar-refractivity contribution in [2.75, 3.05) is 46.9 Å². The molecule has 0 saturated carbocycles. The third kappa shape index (κ3) is 6.03. The largest absolute Gasteiger partial charge is 0.493 e. The fourth-order valence-corrected chi connectivity index (χ4v) is 4.43. The average molecular weight is 427 g/mol. The Labute approximate surface area is 183 Å². The molecule has 0 N–H and O–H groups in total. The van der Waals surface area contributed by atoms with E-state index in [4.69, 9.17) is 9.47 Å². The number of ether oxygens (including phenoxy) is 2. The summed E-state index contributed by atoms with van der Waals surface area (Å²) in [6.07, 6.45) is 4.35. The van der Waals surface area contributed by atoms with Gasteiger partial charge >= 0.3 is 0 Å². The Morgan fingerprint density at radius 3 is 2.40 bits per heavy atom. The van der Waals surface area contributed by atoms with Crippen LogP contribution in [-0.4, -0.2) is 67.9 Å². The molecule has 2 aromatic rings. The first-order valence-electron chi connectivity index (χ1n) is 10.2. The van der Waals surface area contributed by atoms with Gasteiger partial charge in [0.2, 0.25) is 5.91 Å². The number of rotatable bonds is 8. The maximum absolute atomic E-state index is 12.9. The lowest BCUT2D eigenvalue weighted by molar-refractivity contribution is -0.131. The lowest BCUT2D eigenvalue weighted by Crippen LogP contribution is -2.50. The van der Waals surface area contributed by atoms with Crippen molar-refractivity contribution in [1.29, 1.82) is 0 Å². The molecule has 0 aliphatic carbocycles. The molecule has 1 aliphatic rings. The van der Waals surface area contributed by atoms with Gasteiger partial charge in [0, 0.05) is 37.6 Å². The highest BCUT2D eigenvalue weighted by atomic mass is 32.2. The second kappa shape index (κ2) is 11.1. The topological polar surface area (TPSA) is 42.0 Å². The fourth-order valence-electron chi connectivity index (χ4n) is 3.45. The van der Waals surface area contributed by atoms with E-state index in [0.717, 1.165) is 37.6 Å². The highest BCUT2D eigenvalue weighted by Crippen LogP contribution is 2.34. The van der Waals surface area contributed by atoms with E-state index in [2.05, 4.69) is 29.2 Å². The molecule has 1 amide bonds. The van der Waals surface area contributed by atoms with Crippen LogP contribution >= 0.6 is 11.8 Å². The van der Waals surface area contributed by atoms with Crippen molar-refractivity contribution in [3.63, 3.8) is 0 Å². The van der Waals surface area contributed by atoms with Crippen molar-refractivity contribution in [2.45, 2.75) is 17.1 Å². The number of methoxy groups -OCH3 is 2. The zero-order valence-electron chi connectivity index (χ0n) is 17.9. The van der Waals surface area contributed by atoms with Crippen LogP contribution in [0.25, 0.3) is 6.08 Å². The molecule has 0 radical (unpaired) electrons. The normalized spacial score (nSPS) is 15.9. The summed E-state index contributed by atoms with van der Waals surface area (Å²) in [4.78, 5) is 18.3. The van der Waals surface area contributed by atoms with Crippen LogP contribution in [-0.2, 0) is 4.79 Å². The Morgan fingerprint density at radius 2 is 1.73 bits per heavy atom. The molecule has 5 nitrogen and oxygen atoms in total. The fraction of sp³-hybridized carbons (Fsp3) is 0.375. The van der Waals surface area contributed by atoms with Gasteiger partial charge in [-0.2, -0.15) is 0 Å². The second-order valence-corrected chi connectivity index (χ2v) is 8.63. The quantitative estimate of drug-likeness (QED) is 0.596. The first-order valence-corrected chi connectivity index (χ1v) is 11.1. The maximum Gasteiger partial charge on any atom is 0.235 e. The van der Waals surface area contributed by atoms with Gasteiger partial charge in [0.05, 0.1) is 19.5 Å². The van der Waals surface area contributed by atoms with E-state index < -0.39 is 0 Å². The average Bonchev–Trinajstić information content (AvgIpc) is 2.79. The first kappa shape index (κ1) is 22.2. The minimum absolute atomic E-state index is 0.146. The van der Waals surface area contributed by atoms with E-state index in [1.807, 2.05) is 48.2 Å². The van der Waals surface area contributed by atoms with Crippen LogP contribution < -0.4 is 9.47 Å². The molecule has 30 heavy (non-hydrogen) atoms. The Morgan fingerprint density at radius 1 is 1.03 bits per heavy atom. The number of benzene rings is 2. The molecule has 1 aliphatic heterocycles. The number of carbonyl (C=O) groups excluding carboxylic acids is 1. The maximum atomic E-state index is 12.9. The van der Waals surface area contributed by atoms with E-state index in [0.29, 0.717) is 11.5 Å². The van der Waals surface area contributed by atoms with Crippen molar-refractivity contribution in [2.24, 2.45) is 0 Å². The molecular formula is C24H30N2O3S. The number of amides is 1. The van der Waals surface area contributed by atoms with Crippen molar-refractivity contribution in [1.82, 2.24) is 9.80 Å². The molecule has 6 heteroatoms. The summed E-state index contributed by atoms with van der Waals surface area (Å²) >= 11 is 1.55.